The van der Waals surface area contributed by atoms with E-state index in [0.717, 1.165) is 25.7 Å². The Labute approximate surface area is 163 Å². The van der Waals surface area contributed by atoms with Crippen molar-refractivity contribution in [3.63, 3.8) is 0 Å². The number of ether oxygens (including phenoxy) is 2. The molecule has 148 valence electrons. The van der Waals surface area contributed by atoms with E-state index in [1.807, 2.05) is 6.92 Å². The minimum Gasteiger partial charge on any atom is -0.462 e. The molecule has 0 N–H and O–H groups in total. The normalized spacial score (nSPS) is 11.4. The molecule has 1 rings (SSSR count). The number of carbonyl (C=O) groups is 2. The molecule has 0 heterocycles. The van der Waals surface area contributed by atoms with Crippen LogP contribution in [-0.2, 0) is 9.47 Å². The van der Waals surface area contributed by atoms with E-state index >= 15 is 0 Å². The van der Waals surface area contributed by atoms with Gasteiger partial charge in [0.1, 0.15) is 0 Å². The molecule has 0 fully saturated rings. The second-order valence-corrected chi connectivity index (χ2v) is 6.98. The molecule has 1 aromatic rings. The first-order valence-corrected chi connectivity index (χ1v) is 9.94. The Kier molecular flexibility index (Phi) is 10.9. The van der Waals surface area contributed by atoms with Gasteiger partial charge in [-0.15, -0.1) is 0 Å². The molecule has 1 aromatic carbocycles. The van der Waals surface area contributed by atoms with E-state index in [1.165, 1.54) is 6.07 Å². The van der Waals surface area contributed by atoms with E-state index in [1.54, 1.807) is 18.2 Å². The first kappa shape index (κ1) is 22.8. The van der Waals surface area contributed by atoms with Gasteiger partial charge in [0.15, 0.2) is 6.10 Å². The highest BCUT2D eigenvalue weighted by molar-refractivity contribution is 5.95. The SMILES string of the molecule is CCC#CC(CC(C)C)OC(=O)c1cccc(C(=O)OCCCCCC)c1. The Hall–Kier alpha value is -2.28. The Morgan fingerprint density at radius 2 is 1.74 bits per heavy atom. The Morgan fingerprint density at radius 3 is 2.37 bits per heavy atom. The fourth-order valence-corrected chi connectivity index (χ4v) is 2.53. The highest BCUT2D eigenvalue weighted by atomic mass is 16.5. The van der Waals surface area contributed by atoms with Crippen LogP contribution in [0.1, 0.15) is 86.9 Å². The summed E-state index contributed by atoms with van der Waals surface area (Å²) in [5, 5.41) is 0. The lowest BCUT2D eigenvalue weighted by Crippen LogP contribution is -2.19. The van der Waals surface area contributed by atoms with Crippen molar-refractivity contribution in [2.75, 3.05) is 6.61 Å². The molecule has 0 saturated heterocycles. The van der Waals surface area contributed by atoms with Crippen LogP contribution in [0.25, 0.3) is 0 Å². The van der Waals surface area contributed by atoms with E-state index in [9.17, 15) is 9.59 Å². The molecule has 0 radical (unpaired) electrons. The van der Waals surface area contributed by atoms with Crippen LogP contribution in [0.15, 0.2) is 24.3 Å². The summed E-state index contributed by atoms with van der Waals surface area (Å²) in [6.07, 6.45) is 5.13. The van der Waals surface area contributed by atoms with E-state index < -0.39 is 18.0 Å². The van der Waals surface area contributed by atoms with Gasteiger partial charge in [-0.2, -0.15) is 0 Å². The maximum absolute atomic E-state index is 12.5. The van der Waals surface area contributed by atoms with Crippen LogP contribution in [0.3, 0.4) is 0 Å². The van der Waals surface area contributed by atoms with Gasteiger partial charge in [0.25, 0.3) is 0 Å². The summed E-state index contributed by atoms with van der Waals surface area (Å²) in [6, 6.07) is 6.48. The van der Waals surface area contributed by atoms with Crippen LogP contribution in [0, 0.1) is 17.8 Å². The second kappa shape index (κ2) is 13.0. The molecular weight excluding hydrogens is 340 g/mol. The summed E-state index contributed by atoms with van der Waals surface area (Å²) in [5.74, 6) is 5.46. The fraction of sp³-hybridized carbons (Fsp3) is 0.565. The quantitative estimate of drug-likeness (QED) is 0.313. The van der Waals surface area contributed by atoms with Crippen LogP contribution in [0.4, 0.5) is 0 Å². The zero-order chi connectivity index (χ0) is 20.1. The van der Waals surface area contributed by atoms with Gasteiger partial charge < -0.3 is 9.47 Å². The molecule has 0 saturated carbocycles. The van der Waals surface area contributed by atoms with E-state index in [2.05, 4.69) is 32.6 Å². The van der Waals surface area contributed by atoms with Gasteiger partial charge in [-0.3, -0.25) is 0 Å². The first-order chi connectivity index (χ1) is 13.0. The van der Waals surface area contributed by atoms with Crippen molar-refractivity contribution < 1.29 is 19.1 Å². The lowest BCUT2D eigenvalue weighted by molar-refractivity contribution is 0.0377. The number of rotatable bonds is 10. The van der Waals surface area contributed by atoms with Crippen LogP contribution >= 0.6 is 0 Å². The van der Waals surface area contributed by atoms with Gasteiger partial charge in [0, 0.05) is 6.42 Å². The topological polar surface area (TPSA) is 52.6 Å². The molecule has 1 atom stereocenters. The van der Waals surface area contributed by atoms with Crippen LogP contribution < -0.4 is 0 Å². The minimum atomic E-state index is -0.469. The Bertz CT molecular complexity index is 652. The first-order valence-electron chi connectivity index (χ1n) is 9.94. The molecular formula is C23H32O4. The number of esters is 2. The summed E-state index contributed by atoms with van der Waals surface area (Å²) in [7, 11) is 0. The summed E-state index contributed by atoms with van der Waals surface area (Å²) >= 11 is 0. The third-order valence-corrected chi connectivity index (χ3v) is 3.94. The number of unbranched alkanes of at least 4 members (excludes halogenated alkanes) is 3. The Balaban J connectivity index is 2.70. The van der Waals surface area contributed by atoms with Gasteiger partial charge in [-0.25, -0.2) is 9.59 Å². The van der Waals surface area contributed by atoms with Crippen LogP contribution in [0.2, 0.25) is 0 Å². The van der Waals surface area contributed by atoms with Gasteiger partial charge in [-0.05, 0) is 37.0 Å². The molecule has 0 bridgehead atoms. The average Bonchev–Trinajstić information content (AvgIpc) is 2.65. The van der Waals surface area contributed by atoms with Crippen molar-refractivity contribution >= 4 is 11.9 Å². The summed E-state index contributed by atoms with van der Waals surface area (Å²) in [4.78, 5) is 24.6. The largest absolute Gasteiger partial charge is 0.462 e. The predicted molar refractivity (Wildman–Crippen MR) is 108 cm³/mol. The zero-order valence-corrected chi connectivity index (χ0v) is 17.0. The molecule has 0 aromatic heterocycles. The summed E-state index contributed by atoms with van der Waals surface area (Å²) in [6.45, 7) is 8.61. The van der Waals surface area contributed by atoms with Crippen molar-refractivity contribution in [3.05, 3.63) is 35.4 Å². The third-order valence-electron chi connectivity index (χ3n) is 3.94. The average molecular weight is 373 g/mol. The van der Waals surface area contributed by atoms with Crippen molar-refractivity contribution in [3.8, 4) is 11.8 Å². The number of hydrogen-bond donors (Lipinski definition) is 0. The van der Waals surface area contributed by atoms with E-state index in [0.29, 0.717) is 36.5 Å². The third kappa shape index (κ3) is 9.28. The van der Waals surface area contributed by atoms with Crippen molar-refractivity contribution in [1.29, 1.82) is 0 Å². The maximum atomic E-state index is 12.5. The highest BCUT2D eigenvalue weighted by Crippen LogP contribution is 2.13. The number of benzene rings is 1. The van der Waals surface area contributed by atoms with E-state index in [4.69, 9.17) is 9.47 Å². The molecule has 4 heteroatoms. The molecule has 0 spiro atoms. The van der Waals surface area contributed by atoms with Crippen LogP contribution in [0.5, 0.6) is 0 Å². The number of carbonyl (C=O) groups excluding carboxylic acids is 2. The molecule has 1 unspecified atom stereocenters. The summed E-state index contributed by atoms with van der Waals surface area (Å²) in [5.41, 5.74) is 0.697. The van der Waals surface area contributed by atoms with Gasteiger partial charge in [0.2, 0.25) is 0 Å². The fourth-order valence-electron chi connectivity index (χ4n) is 2.53. The molecule has 0 aliphatic carbocycles. The Morgan fingerprint density at radius 1 is 1.04 bits per heavy atom. The molecule has 0 aliphatic heterocycles. The minimum absolute atomic E-state index is 0.336. The molecule has 4 nitrogen and oxygen atoms in total. The van der Waals surface area contributed by atoms with Crippen molar-refractivity contribution in [2.45, 2.75) is 72.3 Å². The highest BCUT2D eigenvalue weighted by Gasteiger charge is 2.17. The van der Waals surface area contributed by atoms with Gasteiger partial charge >= 0.3 is 11.9 Å². The number of hydrogen-bond acceptors (Lipinski definition) is 4. The monoisotopic (exact) mass is 372 g/mol. The summed E-state index contributed by atoms with van der Waals surface area (Å²) < 4.78 is 10.8. The second-order valence-electron chi connectivity index (χ2n) is 6.98. The van der Waals surface area contributed by atoms with Crippen molar-refractivity contribution in [1.82, 2.24) is 0 Å². The smallest absolute Gasteiger partial charge is 0.339 e. The lowest BCUT2D eigenvalue weighted by atomic mass is 10.1. The molecule has 0 amide bonds. The van der Waals surface area contributed by atoms with Gasteiger partial charge in [0.05, 0.1) is 17.7 Å². The standard InChI is InChI=1S/C23H32O4/c1-5-7-9-10-15-26-22(24)19-12-11-13-20(17-19)23(25)27-21(14-8-6-2)16-18(3)4/h11-13,17-18,21H,5-7,9-10,15-16H2,1-4H3. The maximum Gasteiger partial charge on any atom is 0.339 e. The van der Waals surface area contributed by atoms with Gasteiger partial charge in [-0.1, -0.05) is 64.9 Å². The molecule has 27 heavy (non-hydrogen) atoms. The van der Waals surface area contributed by atoms with Crippen molar-refractivity contribution in [2.24, 2.45) is 5.92 Å². The lowest BCUT2D eigenvalue weighted by Gasteiger charge is -2.15. The molecule has 0 aliphatic rings. The van der Waals surface area contributed by atoms with Crippen LogP contribution in [-0.4, -0.2) is 24.6 Å². The zero-order valence-electron chi connectivity index (χ0n) is 17.0. The van der Waals surface area contributed by atoms with E-state index in [-0.39, 0.29) is 0 Å². The predicted octanol–water partition coefficient (Wildman–Crippen LogP) is 5.41.